The number of likely N-dealkylation sites (tertiary alicyclic amines) is 1. The van der Waals surface area contributed by atoms with Gasteiger partial charge in [-0.05, 0) is 39.2 Å². The minimum absolute atomic E-state index is 0. The molecule has 31 heavy (non-hydrogen) atoms. The lowest BCUT2D eigenvalue weighted by molar-refractivity contribution is -0.149. The van der Waals surface area contributed by atoms with Crippen LogP contribution in [0.4, 0.5) is 0 Å². The second-order valence-electron chi connectivity index (χ2n) is 6.99. The molecule has 2 rings (SSSR count). The fourth-order valence-corrected chi connectivity index (χ4v) is 3.66. The van der Waals surface area contributed by atoms with Crippen molar-refractivity contribution in [2.75, 3.05) is 54.1 Å². The van der Waals surface area contributed by atoms with Crippen molar-refractivity contribution in [1.29, 1.82) is 0 Å². The second-order valence-corrected chi connectivity index (χ2v) is 6.99. The van der Waals surface area contributed by atoms with Crippen molar-refractivity contribution in [3.05, 3.63) is 17.7 Å². The highest BCUT2D eigenvalue weighted by molar-refractivity contribution is 14.0. The van der Waals surface area contributed by atoms with Gasteiger partial charge in [0.1, 0.15) is 0 Å². The van der Waals surface area contributed by atoms with Gasteiger partial charge in [-0.1, -0.05) is 6.07 Å². The highest BCUT2D eigenvalue weighted by Crippen LogP contribution is 2.39. The predicted molar refractivity (Wildman–Crippen MR) is 132 cm³/mol. The summed E-state index contributed by atoms with van der Waals surface area (Å²) in [6.45, 7) is 7.30. The fourth-order valence-electron chi connectivity index (χ4n) is 3.66. The van der Waals surface area contributed by atoms with Crippen LogP contribution in [0.5, 0.6) is 17.2 Å². The van der Waals surface area contributed by atoms with Crippen LogP contribution in [-0.4, -0.2) is 70.9 Å². The molecule has 0 atom stereocenters. The van der Waals surface area contributed by atoms with Crippen LogP contribution in [-0.2, 0) is 16.0 Å². The summed E-state index contributed by atoms with van der Waals surface area (Å²) in [5.41, 5.74) is 1.01. The van der Waals surface area contributed by atoms with Gasteiger partial charge in [-0.3, -0.25) is 9.79 Å². The Bertz CT molecular complexity index is 721. The summed E-state index contributed by atoms with van der Waals surface area (Å²) in [6, 6.07) is 3.86. The summed E-state index contributed by atoms with van der Waals surface area (Å²) < 4.78 is 21.5. The predicted octanol–water partition coefficient (Wildman–Crippen LogP) is 3.11. The third-order valence-corrected chi connectivity index (χ3v) is 5.18. The maximum atomic E-state index is 12.0. The van der Waals surface area contributed by atoms with E-state index >= 15 is 0 Å². The summed E-state index contributed by atoms with van der Waals surface area (Å²) in [6.07, 6.45) is 2.28. The normalized spacial score (nSPS) is 14.5. The number of carbonyl (C=O) groups is 1. The number of ether oxygens (including phenoxy) is 4. The van der Waals surface area contributed by atoms with Crippen LogP contribution in [0.2, 0.25) is 0 Å². The fraction of sp³-hybridized carbons (Fsp3) is 0.636. The molecule has 176 valence electrons. The Kier molecular flexibility index (Phi) is 12.4. The molecule has 1 aliphatic rings. The van der Waals surface area contributed by atoms with Crippen LogP contribution in [0, 0.1) is 5.92 Å². The highest BCUT2D eigenvalue weighted by Gasteiger charge is 2.27. The first-order valence-corrected chi connectivity index (χ1v) is 10.6. The van der Waals surface area contributed by atoms with Crippen LogP contribution in [0.1, 0.15) is 32.3 Å². The van der Waals surface area contributed by atoms with Crippen LogP contribution < -0.4 is 19.5 Å². The molecule has 0 aromatic heterocycles. The number of nitrogens with one attached hydrogen (secondary N) is 1. The number of esters is 1. The number of nitrogens with zero attached hydrogens (tertiary/aromatic N) is 2. The summed E-state index contributed by atoms with van der Waals surface area (Å²) in [5.74, 6) is 2.68. The third kappa shape index (κ3) is 7.33. The molecule has 1 saturated heterocycles. The number of carbonyl (C=O) groups excluding carboxylic acids is 1. The van der Waals surface area contributed by atoms with E-state index in [1.54, 1.807) is 21.3 Å². The molecule has 0 spiro atoms. The molecule has 0 amide bonds. The number of hydrogen-bond acceptors (Lipinski definition) is 6. The molecule has 1 aromatic rings. The Morgan fingerprint density at radius 1 is 1.10 bits per heavy atom. The van der Waals surface area contributed by atoms with E-state index < -0.39 is 0 Å². The molecule has 1 heterocycles. The minimum atomic E-state index is -0.0837. The zero-order chi connectivity index (χ0) is 21.9. The van der Waals surface area contributed by atoms with Gasteiger partial charge in [-0.15, -0.1) is 24.0 Å². The van der Waals surface area contributed by atoms with Gasteiger partial charge in [-0.25, -0.2) is 0 Å². The Morgan fingerprint density at radius 2 is 1.77 bits per heavy atom. The number of aliphatic imine (C=N–C) groups is 1. The molecule has 0 radical (unpaired) electrons. The Hall–Kier alpha value is -1.91. The average Bonchev–Trinajstić information content (AvgIpc) is 2.78. The molecule has 1 fully saturated rings. The van der Waals surface area contributed by atoms with Gasteiger partial charge in [-0.2, -0.15) is 0 Å². The van der Waals surface area contributed by atoms with E-state index in [4.69, 9.17) is 23.9 Å². The van der Waals surface area contributed by atoms with Gasteiger partial charge >= 0.3 is 5.97 Å². The van der Waals surface area contributed by atoms with Crippen molar-refractivity contribution in [3.63, 3.8) is 0 Å². The molecular weight excluding hydrogens is 513 g/mol. The molecule has 8 nitrogen and oxygen atoms in total. The van der Waals surface area contributed by atoms with Gasteiger partial charge in [0.05, 0.1) is 33.9 Å². The lowest BCUT2D eigenvalue weighted by Crippen LogP contribution is -2.46. The highest BCUT2D eigenvalue weighted by atomic mass is 127. The number of rotatable bonds is 9. The van der Waals surface area contributed by atoms with Crippen molar-refractivity contribution >= 4 is 35.9 Å². The SMILES string of the molecule is CCNC(=NCCc1ccc(OC)c(OC)c1OC)N1CCC(C(=O)OCC)CC1.I. The van der Waals surface area contributed by atoms with E-state index in [0.717, 1.165) is 44.0 Å². The quantitative estimate of drug-likeness (QED) is 0.220. The Labute approximate surface area is 202 Å². The number of halogens is 1. The van der Waals surface area contributed by atoms with Crippen LogP contribution in [0.3, 0.4) is 0 Å². The van der Waals surface area contributed by atoms with Crippen LogP contribution >= 0.6 is 24.0 Å². The van der Waals surface area contributed by atoms with Gasteiger partial charge in [0, 0.05) is 31.7 Å². The number of piperidine rings is 1. The second kappa shape index (κ2) is 14.2. The molecule has 0 unspecified atom stereocenters. The lowest BCUT2D eigenvalue weighted by atomic mass is 9.97. The first kappa shape index (κ1) is 27.1. The number of hydrogen-bond donors (Lipinski definition) is 1. The average molecular weight is 549 g/mol. The number of benzene rings is 1. The van der Waals surface area contributed by atoms with E-state index in [1.165, 1.54) is 0 Å². The molecule has 0 saturated carbocycles. The zero-order valence-electron chi connectivity index (χ0n) is 19.2. The standard InChI is InChI=1S/C22H35N3O5.HI/c1-6-23-22(25-14-11-17(12-15-25)21(26)30-7-2)24-13-10-16-8-9-18(27-3)20(29-5)19(16)28-4;/h8-9,17H,6-7,10-15H2,1-5H3,(H,23,24);1H. The minimum Gasteiger partial charge on any atom is -0.493 e. The molecule has 1 aliphatic heterocycles. The maximum absolute atomic E-state index is 12.0. The molecule has 9 heteroatoms. The van der Waals surface area contributed by atoms with E-state index in [9.17, 15) is 4.79 Å². The number of methoxy groups -OCH3 is 3. The van der Waals surface area contributed by atoms with Gasteiger partial charge in [0.25, 0.3) is 0 Å². The molecule has 1 aromatic carbocycles. The van der Waals surface area contributed by atoms with E-state index in [-0.39, 0.29) is 35.9 Å². The van der Waals surface area contributed by atoms with Crippen molar-refractivity contribution in [1.82, 2.24) is 10.2 Å². The van der Waals surface area contributed by atoms with Crippen molar-refractivity contribution in [2.45, 2.75) is 33.1 Å². The Morgan fingerprint density at radius 3 is 2.32 bits per heavy atom. The summed E-state index contributed by atoms with van der Waals surface area (Å²) >= 11 is 0. The third-order valence-electron chi connectivity index (χ3n) is 5.18. The van der Waals surface area contributed by atoms with Gasteiger partial charge in [0.2, 0.25) is 5.75 Å². The first-order valence-electron chi connectivity index (χ1n) is 10.6. The zero-order valence-corrected chi connectivity index (χ0v) is 21.6. The molecule has 0 bridgehead atoms. The van der Waals surface area contributed by atoms with Crippen LogP contribution in [0.15, 0.2) is 17.1 Å². The van der Waals surface area contributed by atoms with Crippen molar-refractivity contribution in [2.24, 2.45) is 10.9 Å². The number of guanidine groups is 1. The smallest absolute Gasteiger partial charge is 0.309 e. The van der Waals surface area contributed by atoms with Crippen molar-refractivity contribution < 1.29 is 23.7 Å². The molecule has 0 aliphatic carbocycles. The summed E-state index contributed by atoms with van der Waals surface area (Å²) in [7, 11) is 4.84. The largest absolute Gasteiger partial charge is 0.493 e. The first-order chi connectivity index (χ1) is 14.6. The van der Waals surface area contributed by atoms with E-state index in [2.05, 4.69) is 17.1 Å². The van der Waals surface area contributed by atoms with E-state index in [0.29, 0.717) is 36.8 Å². The summed E-state index contributed by atoms with van der Waals surface area (Å²) in [5, 5.41) is 3.36. The summed E-state index contributed by atoms with van der Waals surface area (Å²) in [4.78, 5) is 19.0. The van der Waals surface area contributed by atoms with Gasteiger partial charge < -0.3 is 29.2 Å². The molecule has 1 N–H and O–H groups in total. The Balaban J connectivity index is 0.00000480. The monoisotopic (exact) mass is 549 g/mol. The van der Waals surface area contributed by atoms with Crippen molar-refractivity contribution in [3.8, 4) is 17.2 Å². The van der Waals surface area contributed by atoms with Crippen LogP contribution in [0.25, 0.3) is 0 Å². The maximum Gasteiger partial charge on any atom is 0.309 e. The molecular formula is C22H36IN3O5. The van der Waals surface area contributed by atoms with Gasteiger partial charge in [0.15, 0.2) is 17.5 Å². The van der Waals surface area contributed by atoms with E-state index in [1.807, 2.05) is 19.1 Å². The lowest BCUT2D eigenvalue weighted by Gasteiger charge is -2.33. The topological polar surface area (TPSA) is 81.6 Å².